The Morgan fingerprint density at radius 1 is 1.18 bits per heavy atom. The Balaban J connectivity index is 1.98. The first-order valence-electron chi connectivity index (χ1n) is 11.1. The summed E-state index contributed by atoms with van der Waals surface area (Å²) in [5.74, 6) is -0.203. The molecule has 0 saturated carbocycles. The Morgan fingerprint density at radius 2 is 1.82 bits per heavy atom. The summed E-state index contributed by atoms with van der Waals surface area (Å²) < 4.78 is 0. The van der Waals surface area contributed by atoms with E-state index in [-0.39, 0.29) is 18.0 Å². The number of hydrogen-bond acceptors (Lipinski definition) is 4. The fourth-order valence-corrected chi connectivity index (χ4v) is 4.92. The van der Waals surface area contributed by atoms with Crippen LogP contribution in [0.4, 0.5) is 5.69 Å². The van der Waals surface area contributed by atoms with Crippen LogP contribution in [-0.2, 0) is 22.4 Å². The number of hydrogen-bond donors (Lipinski definition) is 1. The molecule has 1 heterocycles. The van der Waals surface area contributed by atoms with Crippen LogP contribution in [0.25, 0.3) is 0 Å². The Kier molecular flexibility index (Phi) is 8.13. The maximum Gasteiger partial charge on any atom is 0.264 e. The van der Waals surface area contributed by atoms with Crippen LogP contribution in [0, 0.1) is 11.3 Å². The van der Waals surface area contributed by atoms with Gasteiger partial charge in [0, 0.05) is 12.2 Å². The summed E-state index contributed by atoms with van der Waals surface area (Å²) in [5.41, 5.74) is 4.03. The van der Waals surface area contributed by atoms with Crippen molar-refractivity contribution in [2.45, 2.75) is 44.8 Å². The molecule has 33 heavy (non-hydrogen) atoms. The van der Waals surface area contributed by atoms with Gasteiger partial charge < -0.3 is 5.32 Å². The minimum atomic E-state index is -0.509. The first-order chi connectivity index (χ1) is 15.9. The maximum absolute atomic E-state index is 13.5. The molecule has 1 aliphatic rings. The Morgan fingerprint density at radius 3 is 2.36 bits per heavy atom. The molecule has 3 rings (SSSR count). The number of nitriles is 1. The zero-order valence-corrected chi connectivity index (χ0v) is 20.1. The van der Waals surface area contributed by atoms with Crippen molar-refractivity contribution >= 4 is 29.3 Å². The summed E-state index contributed by atoms with van der Waals surface area (Å²) in [4.78, 5) is 27.7. The molecule has 1 saturated heterocycles. The molecule has 0 radical (unpaired) electrons. The smallest absolute Gasteiger partial charge is 0.264 e. The number of carbonyl (C=O) groups is 2. The van der Waals surface area contributed by atoms with E-state index in [1.807, 2.05) is 42.5 Å². The van der Waals surface area contributed by atoms with Crippen molar-refractivity contribution in [1.29, 1.82) is 5.26 Å². The molecule has 1 fully saturated rings. The fourth-order valence-electron chi connectivity index (χ4n) is 3.61. The van der Waals surface area contributed by atoms with Crippen molar-refractivity contribution in [3.05, 3.63) is 88.5 Å². The van der Waals surface area contributed by atoms with Gasteiger partial charge in [-0.3, -0.25) is 14.5 Å². The van der Waals surface area contributed by atoms with E-state index in [1.54, 1.807) is 6.08 Å². The van der Waals surface area contributed by atoms with Gasteiger partial charge in [0.15, 0.2) is 0 Å². The molecule has 0 spiro atoms. The second-order valence-electron chi connectivity index (χ2n) is 8.19. The van der Waals surface area contributed by atoms with Crippen LogP contribution < -0.4 is 10.2 Å². The number of benzene rings is 2. The van der Waals surface area contributed by atoms with Crippen LogP contribution in [-0.4, -0.2) is 23.6 Å². The summed E-state index contributed by atoms with van der Waals surface area (Å²) in [6.07, 6.45) is 2.95. The second kappa shape index (κ2) is 11.0. The lowest BCUT2D eigenvalue weighted by Crippen LogP contribution is -2.32. The van der Waals surface area contributed by atoms with Gasteiger partial charge in [-0.1, -0.05) is 75.0 Å². The average Bonchev–Trinajstić information content (AvgIpc) is 3.13. The van der Waals surface area contributed by atoms with Gasteiger partial charge >= 0.3 is 0 Å². The third-order valence-corrected chi connectivity index (χ3v) is 6.85. The molecule has 5 nitrogen and oxygen atoms in total. The minimum absolute atomic E-state index is 0.0626. The molecule has 2 amide bonds. The maximum atomic E-state index is 13.5. The molecule has 0 aliphatic carbocycles. The van der Waals surface area contributed by atoms with Gasteiger partial charge in [0.05, 0.1) is 5.25 Å². The number of anilines is 1. The summed E-state index contributed by atoms with van der Waals surface area (Å²) in [7, 11) is 0. The van der Waals surface area contributed by atoms with Gasteiger partial charge in [-0.2, -0.15) is 5.26 Å². The highest BCUT2D eigenvalue weighted by Gasteiger charge is 2.40. The van der Waals surface area contributed by atoms with E-state index in [0.717, 1.165) is 17.5 Å². The van der Waals surface area contributed by atoms with Gasteiger partial charge in [0.2, 0.25) is 5.91 Å². The molecule has 1 atom stereocenters. The normalized spacial score (nSPS) is 17.1. The van der Waals surface area contributed by atoms with Crippen LogP contribution in [0.3, 0.4) is 0 Å². The lowest BCUT2D eigenvalue weighted by Gasteiger charge is -2.19. The number of thioether (sulfide) groups is 1. The highest BCUT2D eigenvalue weighted by molar-refractivity contribution is 8.05. The lowest BCUT2D eigenvalue weighted by atomic mass is 10.00. The van der Waals surface area contributed by atoms with Crippen LogP contribution in [0.2, 0.25) is 0 Å². The number of amides is 2. The van der Waals surface area contributed by atoms with Crippen molar-refractivity contribution < 1.29 is 9.59 Å². The van der Waals surface area contributed by atoms with Crippen molar-refractivity contribution in [2.24, 2.45) is 0 Å². The predicted molar refractivity (Wildman–Crippen MR) is 135 cm³/mol. The van der Waals surface area contributed by atoms with E-state index in [1.165, 1.54) is 22.2 Å². The zero-order chi connectivity index (χ0) is 24.0. The van der Waals surface area contributed by atoms with Crippen LogP contribution in [0.1, 0.15) is 43.4 Å². The molecule has 1 N–H and O–H groups in total. The van der Waals surface area contributed by atoms with Crippen molar-refractivity contribution in [3.8, 4) is 6.07 Å². The molecule has 170 valence electrons. The quantitative estimate of drug-likeness (QED) is 0.339. The molecule has 0 bridgehead atoms. The predicted octanol–water partition coefficient (Wildman–Crippen LogP) is 5.10. The van der Waals surface area contributed by atoms with Gasteiger partial charge in [0.25, 0.3) is 5.91 Å². The highest BCUT2D eigenvalue weighted by Crippen LogP contribution is 2.42. The molecular formula is C27H29N3O2S. The summed E-state index contributed by atoms with van der Waals surface area (Å²) >= 11 is 1.28. The lowest BCUT2D eigenvalue weighted by molar-refractivity contribution is -0.117. The van der Waals surface area contributed by atoms with Crippen LogP contribution >= 0.6 is 11.8 Å². The topological polar surface area (TPSA) is 73.2 Å². The molecule has 2 aromatic rings. The van der Waals surface area contributed by atoms with Gasteiger partial charge in [-0.15, -0.1) is 6.58 Å². The molecule has 6 heteroatoms. The number of nitrogens with one attached hydrogen (secondary N) is 1. The second-order valence-corrected chi connectivity index (χ2v) is 9.38. The fraction of sp³-hybridized carbons (Fsp3) is 0.296. The Bertz CT molecular complexity index is 1100. The summed E-state index contributed by atoms with van der Waals surface area (Å²) in [6.45, 7) is 10.2. The molecule has 1 unspecified atom stereocenters. The van der Waals surface area contributed by atoms with E-state index in [9.17, 15) is 14.9 Å². The number of carbonyl (C=O) groups excluding carboxylic acids is 2. The van der Waals surface area contributed by atoms with Gasteiger partial charge in [0.1, 0.15) is 16.7 Å². The third-order valence-electron chi connectivity index (χ3n) is 5.58. The van der Waals surface area contributed by atoms with Gasteiger partial charge in [-0.05, 0) is 47.6 Å². The van der Waals surface area contributed by atoms with Crippen molar-refractivity contribution in [3.63, 3.8) is 0 Å². The standard InChI is InChI=1S/C27H29N3O2S/c1-5-15-29-25(31)23(17-28)27-30(22-13-9-19(6-2)10-14-22)26(32)24(33-27)16-20-7-11-21(12-8-20)18(3)4/h5,7-14,18,24H,1,6,15-16H2,2-4H3,(H,29,31)/b27-23-. The van der Waals surface area contributed by atoms with Crippen LogP contribution in [0.5, 0.6) is 0 Å². The first kappa shape index (κ1) is 24.3. The molecule has 1 aliphatic heterocycles. The van der Waals surface area contributed by atoms with Crippen LogP contribution in [0.15, 0.2) is 71.8 Å². The number of aryl methyl sites for hydroxylation is 1. The minimum Gasteiger partial charge on any atom is -0.348 e. The number of nitrogens with zero attached hydrogens (tertiary/aromatic N) is 2. The Labute approximate surface area is 200 Å². The molecule has 0 aromatic heterocycles. The zero-order valence-electron chi connectivity index (χ0n) is 19.3. The van der Waals surface area contributed by atoms with E-state index in [0.29, 0.717) is 23.1 Å². The van der Waals surface area contributed by atoms with E-state index in [4.69, 9.17) is 0 Å². The summed E-state index contributed by atoms with van der Waals surface area (Å²) in [5, 5.41) is 12.4. The summed E-state index contributed by atoms with van der Waals surface area (Å²) in [6, 6.07) is 18.0. The first-order valence-corrected chi connectivity index (χ1v) is 12.0. The number of rotatable bonds is 8. The van der Waals surface area contributed by atoms with Gasteiger partial charge in [-0.25, -0.2) is 0 Å². The monoisotopic (exact) mass is 459 g/mol. The van der Waals surface area contributed by atoms with Crippen molar-refractivity contribution in [1.82, 2.24) is 5.32 Å². The Hall–Kier alpha value is -3.30. The van der Waals surface area contributed by atoms with E-state index >= 15 is 0 Å². The average molecular weight is 460 g/mol. The molecular weight excluding hydrogens is 430 g/mol. The van der Waals surface area contributed by atoms with E-state index < -0.39 is 11.2 Å². The molecule has 2 aromatic carbocycles. The van der Waals surface area contributed by atoms with E-state index in [2.05, 4.69) is 44.8 Å². The largest absolute Gasteiger partial charge is 0.348 e. The third kappa shape index (κ3) is 5.55. The highest BCUT2D eigenvalue weighted by atomic mass is 32.2. The SMILES string of the molecule is C=CCNC(=O)/C(C#N)=C1\SC(Cc2ccc(C(C)C)cc2)C(=O)N1c1ccc(CC)cc1. The van der Waals surface area contributed by atoms with Crippen molar-refractivity contribution in [2.75, 3.05) is 11.4 Å².